The fourth-order valence-electron chi connectivity index (χ4n) is 1.32. The third-order valence-corrected chi connectivity index (χ3v) is 3.21. The summed E-state index contributed by atoms with van der Waals surface area (Å²) in [5.74, 6) is 0.530. The molecule has 1 aromatic heterocycles. The molecule has 13 heavy (non-hydrogen) atoms. The van der Waals surface area contributed by atoms with Gasteiger partial charge in [-0.2, -0.15) is 0 Å². The first-order valence-electron chi connectivity index (χ1n) is 3.77. The summed E-state index contributed by atoms with van der Waals surface area (Å²) in [6, 6.07) is 3.57. The molecule has 68 valence electrons. The summed E-state index contributed by atoms with van der Waals surface area (Å²) in [5.41, 5.74) is 7.15. The highest BCUT2D eigenvalue weighted by molar-refractivity contribution is 7.17. The lowest BCUT2D eigenvalue weighted by Gasteiger charge is -2.04. The van der Waals surface area contributed by atoms with Gasteiger partial charge in [-0.25, -0.2) is 0 Å². The van der Waals surface area contributed by atoms with Crippen LogP contribution < -0.4 is 5.73 Å². The van der Waals surface area contributed by atoms with Crippen molar-refractivity contribution in [2.45, 2.75) is 5.88 Å². The van der Waals surface area contributed by atoms with Crippen molar-refractivity contribution in [2.75, 3.05) is 5.73 Å². The van der Waals surface area contributed by atoms with Crippen molar-refractivity contribution in [2.24, 2.45) is 0 Å². The largest absolute Gasteiger partial charge is 0.507 e. The van der Waals surface area contributed by atoms with Crippen LogP contribution in [0.5, 0.6) is 5.75 Å². The van der Waals surface area contributed by atoms with Crippen molar-refractivity contribution >= 4 is 38.7 Å². The zero-order chi connectivity index (χ0) is 9.42. The van der Waals surface area contributed by atoms with Gasteiger partial charge in [-0.15, -0.1) is 22.9 Å². The number of thiophene rings is 1. The lowest BCUT2D eigenvalue weighted by Crippen LogP contribution is -1.88. The third-order valence-electron chi connectivity index (χ3n) is 1.96. The Kier molecular flexibility index (Phi) is 2.06. The number of hydrogen-bond donors (Lipinski definition) is 2. The Morgan fingerprint density at radius 1 is 1.54 bits per heavy atom. The molecule has 2 aromatic rings. The highest BCUT2D eigenvalue weighted by Gasteiger charge is 2.09. The van der Waals surface area contributed by atoms with Gasteiger partial charge in [-0.1, -0.05) is 0 Å². The molecule has 0 radical (unpaired) electrons. The molecule has 2 nitrogen and oxygen atoms in total. The van der Waals surface area contributed by atoms with E-state index in [9.17, 15) is 5.11 Å². The number of phenols is 1. The van der Waals surface area contributed by atoms with Crippen molar-refractivity contribution in [3.63, 3.8) is 0 Å². The minimum atomic E-state index is 0.250. The van der Waals surface area contributed by atoms with E-state index in [0.29, 0.717) is 11.3 Å². The van der Waals surface area contributed by atoms with Crippen molar-refractivity contribution < 1.29 is 5.11 Å². The van der Waals surface area contributed by atoms with Gasteiger partial charge >= 0.3 is 0 Å². The smallest absolute Gasteiger partial charge is 0.128 e. The van der Waals surface area contributed by atoms with Gasteiger partial charge in [0.25, 0.3) is 0 Å². The second kappa shape index (κ2) is 3.09. The van der Waals surface area contributed by atoms with Gasteiger partial charge in [0.05, 0.1) is 16.3 Å². The molecule has 0 saturated heterocycles. The quantitative estimate of drug-likeness (QED) is 0.435. The highest BCUT2D eigenvalue weighted by atomic mass is 35.5. The van der Waals surface area contributed by atoms with Crippen molar-refractivity contribution in [1.82, 2.24) is 0 Å². The molecule has 0 unspecified atom stereocenters. The second-order valence-electron chi connectivity index (χ2n) is 2.77. The van der Waals surface area contributed by atoms with Crippen LogP contribution in [0.1, 0.15) is 5.56 Å². The average molecular weight is 214 g/mol. The predicted molar refractivity (Wildman–Crippen MR) is 57.5 cm³/mol. The van der Waals surface area contributed by atoms with Crippen LogP contribution in [-0.2, 0) is 5.88 Å². The molecule has 0 aliphatic carbocycles. The number of aromatic hydroxyl groups is 1. The van der Waals surface area contributed by atoms with E-state index in [1.165, 1.54) is 11.3 Å². The number of anilines is 1. The second-order valence-corrected chi connectivity index (χ2v) is 3.95. The van der Waals surface area contributed by atoms with E-state index in [1.807, 2.05) is 11.4 Å². The molecule has 1 heterocycles. The number of fused-ring (bicyclic) bond motifs is 1. The molecule has 0 aliphatic rings. The fourth-order valence-corrected chi connectivity index (χ4v) is 2.35. The van der Waals surface area contributed by atoms with E-state index < -0.39 is 0 Å². The van der Waals surface area contributed by atoms with Gasteiger partial charge in [0, 0.05) is 10.9 Å². The number of nitrogens with two attached hydrogens (primary N) is 1. The maximum atomic E-state index is 9.73. The zero-order valence-electron chi connectivity index (χ0n) is 6.75. The van der Waals surface area contributed by atoms with Gasteiger partial charge in [0.2, 0.25) is 0 Å². The molecule has 0 saturated carbocycles. The lowest BCUT2D eigenvalue weighted by atomic mass is 10.1. The van der Waals surface area contributed by atoms with Gasteiger partial charge in [0.1, 0.15) is 5.75 Å². The lowest BCUT2D eigenvalue weighted by molar-refractivity contribution is 0.477. The van der Waals surface area contributed by atoms with Gasteiger partial charge < -0.3 is 10.8 Å². The Labute approximate surface area is 84.6 Å². The topological polar surface area (TPSA) is 46.2 Å². The van der Waals surface area contributed by atoms with Crippen LogP contribution in [0.25, 0.3) is 10.1 Å². The van der Waals surface area contributed by atoms with Crippen molar-refractivity contribution in [3.05, 3.63) is 23.1 Å². The highest BCUT2D eigenvalue weighted by Crippen LogP contribution is 2.37. The Hall–Kier alpha value is -0.930. The molecule has 1 aromatic carbocycles. The van der Waals surface area contributed by atoms with Crippen LogP contribution in [0.2, 0.25) is 0 Å². The molecule has 3 N–H and O–H groups in total. The Balaban J connectivity index is 2.85. The monoisotopic (exact) mass is 213 g/mol. The van der Waals surface area contributed by atoms with Gasteiger partial charge in [-0.05, 0) is 17.5 Å². The normalized spacial score (nSPS) is 10.8. The zero-order valence-corrected chi connectivity index (χ0v) is 8.32. The molecule has 2 rings (SSSR count). The molecular weight excluding hydrogens is 206 g/mol. The molecule has 0 spiro atoms. The van der Waals surface area contributed by atoms with Crippen LogP contribution >= 0.6 is 22.9 Å². The molecule has 0 amide bonds. The van der Waals surface area contributed by atoms with Gasteiger partial charge in [0.15, 0.2) is 0 Å². The van der Waals surface area contributed by atoms with Crippen LogP contribution in [-0.4, -0.2) is 5.11 Å². The van der Waals surface area contributed by atoms with E-state index >= 15 is 0 Å². The van der Waals surface area contributed by atoms with Gasteiger partial charge in [-0.3, -0.25) is 0 Å². The summed E-state index contributed by atoms with van der Waals surface area (Å²) in [7, 11) is 0. The summed E-state index contributed by atoms with van der Waals surface area (Å²) in [4.78, 5) is 0. The maximum Gasteiger partial charge on any atom is 0.128 e. The number of benzene rings is 1. The minimum Gasteiger partial charge on any atom is -0.507 e. The summed E-state index contributed by atoms with van der Waals surface area (Å²) >= 11 is 7.18. The standard InChI is InChI=1S/C9H8ClNOS/c10-4-5-3-7(11)9-6(8(5)12)1-2-13-9/h1-3,12H,4,11H2. The number of phenolic OH excluding ortho intramolecular Hbond substituents is 1. The average Bonchev–Trinajstić information content (AvgIpc) is 2.60. The Morgan fingerprint density at radius 3 is 3.00 bits per heavy atom. The Bertz CT molecular complexity index is 452. The number of nitrogen functional groups attached to an aromatic ring is 1. The molecular formula is C9H8ClNOS. The van der Waals surface area contributed by atoms with E-state index in [0.717, 1.165) is 10.1 Å². The van der Waals surface area contributed by atoms with Crippen LogP contribution in [0.4, 0.5) is 5.69 Å². The van der Waals surface area contributed by atoms with E-state index in [2.05, 4.69) is 0 Å². The van der Waals surface area contributed by atoms with Crippen LogP contribution in [0, 0.1) is 0 Å². The SMILES string of the molecule is Nc1cc(CCl)c(O)c2ccsc12. The summed E-state index contributed by atoms with van der Waals surface area (Å²) in [5, 5.41) is 12.4. The first kappa shape index (κ1) is 8.66. The van der Waals surface area contributed by atoms with Crippen LogP contribution in [0.15, 0.2) is 17.5 Å². The summed E-state index contributed by atoms with van der Waals surface area (Å²) < 4.78 is 0.923. The predicted octanol–water partition coefficient (Wildman–Crippen LogP) is 2.93. The van der Waals surface area contributed by atoms with Crippen molar-refractivity contribution in [3.8, 4) is 5.75 Å². The summed E-state index contributed by atoms with van der Waals surface area (Å²) in [6.07, 6.45) is 0. The maximum absolute atomic E-state index is 9.73. The molecule has 0 atom stereocenters. The summed E-state index contributed by atoms with van der Waals surface area (Å²) in [6.45, 7) is 0. The molecule has 4 heteroatoms. The number of alkyl halides is 1. The number of hydrogen-bond acceptors (Lipinski definition) is 3. The van der Waals surface area contributed by atoms with Crippen molar-refractivity contribution in [1.29, 1.82) is 0 Å². The molecule has 0 bridgehead atoms. The van der Waals surface area contributed by atoms with Crippen LogP contribution in [0.3, 0.4) is 0 Å². The number of halogens is 1. The molecule has 0 fully saturated rings. The van der Waals surface area contributed by atoms with E-state index in [4.69, 9.17) is 17.3 Å². The Morgan fingerprint density at radius 2 is 2.31 bits per heavy atom. The molecule has 0 aliphatic heterocycles. The minimum absolute atomic E-state index is 0.250. The van der Waals surface area contributed by atoms with E-state index in [1.54, 1.807) is 6.07 Å². The fraction of sp³-hybridized carbons (Fsp3) is 0.111. The first-order valence-corrected chi connectivity index (χ1v) is 5.19. The third kappa shape index (κ3) is 1.24. The van der Waals surface area contributed by atoms with E-state index in [-0.39, 0.29) is 11.6 Å². The number of rotatable bonds is 1. The first-order chi connectivity index (χ1) is 6.24.